The van der Waals surface area contributed by atoms with Crippen molar-refractivity contribution in [3.63, 3.8) is 0 Å². The summed E-state index contributed by atoms with van der Waals surface area (Å²) in [5.74, 6) is -0.112. The van der Waals surface area contributed by atoms with Crippen molar-refractivity contribution in [2.45, 2.75) is 37.6 Å². The fourth-order valence-electron chi connectivity index (χ4n) is 2.15. The zero-order valence-corrected chi connectivity index (χ0v) is 11.5. The van der Waals surface area contributed by atoms with Gasteiger partial charge in [0.1, 0.15) is 5.84 Å². The van der Waals surface area contributed by atoms with Crippen LogP contribution in [0.15, 0.2) is 0 Å². The molecule has 0 atom stereocenters. The first-order valence-corrected chi connectivity index (χ1v) is 7.52. The van der Waals surface area contributed by atoms with Crippen LogP contribution in [-0.4, -0.2) is 40.1 Å². The fraction of sp³-hybridized carbons (Fsp3) is 0.900. The quantitative estimate of drug-likeness (QED) is 0.290. The second-order valence-corrected chi connectivity index (χ2v) is 6.05. The molecule has 1 aliphatic carbocycles. The van der Waals surface area contributed by atoms with Crippen LogP contribution in [0.5, 0.6) is 0 Å². The minimum Gasteiger partial charge on any atom is -0.386 e. The minimum absolute atomic E-state index is 0.112. The molecule has 0 saturated heterocycles. The molecule has 7 nitrogen and oxygen atoms in total. The Bertz CT molecular complexity index is 377. The van der Waals surface area contributed by atoms with Crippen LogP contribution in [0.3, 0.4) is 0 Å². The van der Waals surface area contributed by atoms with Crippen LogP contribution in [0, 0.1) is 5.41 Å². The molecular formula is C10H22N4O3S. The van der Waals surface area contributed by atoms with Gasteiger partial charge in [-0.2, -0.15) is 17.9 Å². The Morgan fingerprint density at radius 2 is 2.00 bits per heavy atom. The molecule has 0 aromatic heterocycles. The Kier molecular flexibility index (Phi) is 5.51. The van der Waals surface area contributed by atoms with Crippen LogP contribution in [-0.2, 0) is 14.9 Å². The lowest BCUT2D eigenvalue weighted by Crippen LogP contribution is -2.60. The smallest absolute Gasteiger partial charge is 0.277 e. The van der Waals surface area contributed by atoms with Gasteiger partial charge in [0.05, 0.1) is 12.1 Å². The van der Waals surface area contributed by atoms with Gasteiger partial charge in [0.15, 0.2) is 0 Å². The first kappa shape index (κ1) is 15.4. The lowest BCUT2D eigenvalue weighted by atomic mass is 9.82. The highest BCUT2D eigenvalue weighted by atomic mass is 32.2. The molecule has 106 valence electrons. The van der Waals surface area contributed by atoms with Crippen molar-refractivity contribution in [3.8, 4) is 0 Å². The summed E-state index contributed by atoms with van der Waals surface area (Å²) in [4.78, 5) is 0. The van der Waals surface area contributed by atoms with Crippen LogP contribution < -0.4 is 15.2 Å². The number of methoxy groups -OCH3 is 1. The average Bonchev–Trinajstić information content (AvgIpc) is 2.29. The molecule has 0 heterocycles. The predicted octanol–water partition coefficient (Wildman–Crippen LogP) is -0.304. The Morgan fingerprint density at radius 1 is 1.39 bits per heavy atom. The topological polar surface area (TPSA) is 117 Å². The number of rotatable bonds is 7. The first-order chi connectivity index (χ1) is 8.42. The monoisotopic (exact) mass is 278 g/mol. The van der Waals surface area contributed by atoms with E-state index in [4.69, 9.17) is 15.9 Å². The van der Waals surface area contributed by atoms with Crippen molar-refractivity contribution in [2.75, 3.05) is 20.3 Å². The van der Waals surface area contributed by atoms with E-state index >= 15 is 0 Å². The lowest BCUT2D eigenvalue weighted by Gasteiger charge is -2.36. The number of nitrogens with one attached hydrogen (secondary N) is 3. The second kappa shape index (κ2) is 6.46. The average molecular weight is 278 g/mol. The molecule has 0 aromatic rings. The predicted molar refractivity (Wildman–Crippen MR) is 69.7 cm³/mol. The van der Waals surface area contributed by atoms with Crippen molar-refractivity contribution in [3.05, 3.63) is 0 Å². The molecule has 0 spiro atoms. The van der Waals surface area contributed by atoms with Gasteiger partial charge in [-0.15, -0.1) is 0 Å². The number of hydrogen-bond donors (Lipinski definition) is 4. The summed E-state index contributed by atoms with van der Waals surface area (Å²) in [5, 5.41) is 7.63. The lowest BCUT2D eigenvalue weighted by molar-refractivity contribution is 0.204. The van der Waals surface area contributed by atoms with E-state index in [0.717, 1.165) is 19.3 Å². The molecule has 0 aliphatic heterocycles. The largest absolute Gasteiger partial charge is 0.386 e. The maximum atomic E-state index is 11.9. The maximum Gasteiger partial charge on any atom is 0.277 e. The first-order valence-electron chi connectivity index (χ1n) is 6.04. The van der Waals surface area contributed by atoms with Gasteiger partial charge < -0.3 is 10.5 Å². The Labute approximate surface area is 108 Å². The molecule has 1 aliphatic rings. The minimum atomic E-state index is -3.66. The van der Waals surface area contributed by atoms with Crippen molar-refractivity contribution in [1.29, 1.82) is 5.41 Å². The zero-order chi connectivity index (χ0) is 13.6. The third kappa shape index (κ3) is 4.20. The molecule has 5 N–H and O–H groups in total. The number of ether oxygens (including phenoxy) is 1. The van der Waals surface area contributed by atoms with Gasteiger partial charge in [0.2, 0.25) is 0 Å². The molecule has 0 unspecified atom stereocenters. The third-order valence-electron chi connectivity index (χ3n) is 3.15. The second-order valence-electron chi connectivity index (χ2n) is 4.55. The van der Waals surface area contributed by atoms with E-state index < -0.39 is 15.7 Å². The van der Waals surface area contributed by atoms with E-state index in [1.54, 1.807) is 0 Å². The normalized spacial score (nSPS) is 19.6. The summed E-state index contributed by atoms with van der Waals surface area (Å²) in [7, 11) is -2.16. The molecule has 18 heavy (non-hydrogen) atoms. The Morgan fingerprint density at radius 3 is 2.50 bits per heavy atom. The summed E-state index contributed by atoms with van der Waals surface area (Å²) in [5.41, 5.74) is 4.65. The van der Waals surface area contributed by atoms with E-state index in [1.165, 1.54) is 7.11 Å². The number of amidine groups is 1. The van der Waals surface area contributed by atoms with Gasteiger partial charge in [0.25, 0.3) is 10.2 Å². The van der Waals surface area contributed by atoms with Gasteiger partial charge in [-0.1, -0.05) is 19.3 Å². The van der Waals surface area contributed by atoms with Gasteiger partial charge >= 0.3 is 0 Å². The van der Waals surface area contributed by atoms with Crippen molar-refractivity contribution >= 4 is 16.0 Å². The van der Waals surface area contributed by atoms with Crippen LogP contribution >= 0.6 is 0 Å². The summed E-state index contributed by atoms with van der Waals surface area (Å²) in [6.07, 6.45) is 3.95. The standard InChI is InChI=1S/C10H22N4O3S/c1-17-8-7-13-18(15,16)14-10(9(11)12)5-3-2-4-6-10/h13-14H,2-8H2,1H3,(H3,11,12). The van der Waals surface area contributed by atoms with E-state index in [0.29, 0.717) is 19.4 Å². The highest BCUT2D eigenvalue weighted by Crippen LogP contribution is 2.28. The molecule has 1 rings (SSSR count). The molecule has 0 aromatic carbocycles. The van der Waals surface area contributed by atoms with Gasteiger partial charge in [-0.05, 0) is 12.8 Å². The molecule has 1 saturated carbocycles. The van der Waals surface area contributed by atoms with Crippen LogP contribution in [0.1, 0.15) is 32.1 Å². The van der Waals surface area contributed by atoms with E-state index in [-0.39, 0.29) is 12.4 Å². The van der Waals surface area contributed by atoms with E-state index in [2.05, 4.69) is 9.44 Å². The third-order valence-corrected chi connectivity index (χ3v) is 4.39. The summed E-state index contributed by atoms with van der Waals surface area (Å²) < 4.78 is 33.4. The van der Waals surface area contributed by atoms with E-state index in [1.807, 2.05) is 0 Å². The van der Waals surface area contributed by atoms with Gasteiger partial charge in [0, 0.05) is 13.7 Å². The summed E-state index contributed by atoms with van der Waals surface area (Å²) in [6.45, 7) is 0.494. The van der Waals surface area contributed by atoms with Gasteiger partial charge in [-0.25, -0.2) is 0 Å². The number of nitrogens with two attached hydrogens (primary N) is 1. The highest BCUT2D eigenvalue weighted by Gasteiger charge is 2.38. The van der Waals surface area contributed by atoms with Crippen molar-refractivity contribution < 1.29 is 13.2 Å². The zero-order valence-electron chi connectivity index (χ0n) is 10.7. The Balaban J connectivity index is 2.68. The molecule has 8 heteroatoms. The highest BCUT2D eigenvalue weighted by molar-refractivity contribution is 7.87. The maximum absolute atomic E-state index is 11.9. The molecule has 0 radical (unpaired) electrons. The van der Waals surface area contributed by atoms with Crippen LogP contribution in [0.4, 0.5) is 0 Å². The molecular weight excluding hydrogens is 256 g/mol. The molecule has 1 fully saturated rings. The van der Waals surface area contributed by atoms with Crippen LogP contribution in [0.25, 0.3) is 0 Å². The van der Waals surface area contributed by atoms with E-state index in [9.17, 15) is 8.42 Å². The molecule has 0 amide bonds. The summed E-state index contributed by atoms with van der Waals surface area (Å²) >= 11 is 0. The summed E-state index contributed by atoms with van der Waals surface area (Å²) in [6, 6.07) is 0. The van der Waals surface area contributed by atoms with Crippen molar-refractivity contribution in [2.24, 2.45) is 5.73 Å². The fourth-order valence-corrected chi connectivity index (χ4v) is 3.41. The molecule has 0 bridgehead atoms. The van der Waals surface area contributed by atoms with Crippen LogP contribution in [0.2, 0.25) is 0 Å². The van der Waals surface area contributed by atoms with Gasteiger partial charge in [-0.3, -0.25) is 5.41 Å². The Hall–Kier alpha value is -0.700. The SMILES string of the molecule is COCCNS(=O)(=O)NC1(C(=N)N)CCCCC1. The number of hydrogen-bond acceptors (Lipinski definition) is 4. The van der Waals surface area contributed by atoms with Crippen molar-refractivity contribution in [1.82, 2.24) is 9.44 Å².